The molecule has 4 aliphatic heterocycles. The third-order valence-electron chi connectivity index (χ3n) is 2.41. The lowest BCUT2D eigenvalue weighted by Gasteiger charge is -1.91. The Morgan fingerprint density at radius 3 is 1.71 bits per heavy atom. The van der Waals surface area contributed by atoms with E-state index >= 15 is 0 Å². The molecule has 4 fully saturated rings. The number of hydrazine groups is 1. The fraction of sp³-hybridized carbons (Fsp3) is 0.312. The Morgan fingerprint density at radius 2 is 1.55 bits per heavy atom. The van der Waals surface area contributed by atoms with Crippen molar-refractivity contribution >= 4 is 17.3 Å². The molecule has 0 atom stereocenters. The van der Waals surface area contributed by atoms with Crippen molar-refractivity contribution in [2.45, 2.75) is 22.3 Å². The van der Waals surface area contributed by atoms with Crippen LogP contribution in [-0.2, 0) is 30.9 Å². The van der Waals surface area contributed by atoms with E-state index in [2.05, 4.69) is 38.1 Å². The SMILES string of the molecule is C.C.C.C=C1NO1.C=C1ON1c1ccccc1.O=S=O.O=[N+]([O-])N1CO1.[C-]#[N+]N1CO1. The summed E-state index contributed by atoms with van der Waals surface area (Å²) in [5, 5.41) is 12.2. The molecule has 15 heteroatoms. The molecule has 1 aromatic carbocycles. The Hall–Kier alpha value is -3.87. The van der Waals surface area contributed by atoms with Crippen molar-refractivity contribution in [1.82, 2.24) is 15.8 Å². The number of benzene rings is 1. The average Bonchev–Trinajstić information content (AvgIpc) is 3.53. The number of rotatable bonds is 2. The highest BCUT2D eigenvalue weighted by molar-refractivity contribution is 7.51. The zero-order chi connectivity index (χ0) is 20.9. The van der Waals surface area contributed by atoms with Gasteiger partial charge in [0.25, 0.3) is 5.88 Å². The normalized spacial score (nSPS) is 13.7. The summed E-state index contributed by atoms with van der Waals surface area (Å²) >= 11 is -0.750. The third kappa shape index (κ3) is 17.9. The Bertz CT molecular complexity index is 755. The number of nitrogens with one attached hydrogen (secondary N) is 1. The van der Waals surface area contributed by atoms with Crippen molar-refractivity contribution in [1.29, 1.82) is 0 Å². The van der Waals surface area contributed by atoms with Gasteiger partial charge in [-0.3, -0.25) is 0 Å². The predicted molar refractivity (Wildman–Crippen MR) is 111 cm³/mol. The van der Waals surface area contributed by atoms with Gasteiger partial charge in [-0.25, -0.2) is 10.1 Å². The van der Waals surface area contributed by atoms with Gasteiger partial charge in [0.05, 0.1) is 10.9 Å². The first-order chi connectivity index (χ1) is 13.4. The maximum absolute atomic E-state index is 9.37. The summed E-state index contributed by atoms with van der Waals surface area (Å²) in [6.07, 6.45) is 0. The number of hydroxylamine groups is 4. The Morgan fingerprint density at radius 1 is 1.13 bits per heavy atom. The molecule has 0 saturated carbocycles. The van der Waals surface area contributed by atoms with Crippen LogP contribution in [0.3, 0.4) is 0 Å². The van der Waals surface area contributed by atoms with Gasteiger partial charge in [-0.2, -0.15) is 30.1 Å². The molecule has 4 saturated heterocycles. The fourth-order valence-electron chi connectivity index (χ4n) is 1.08. The molecule has 4 heterocycles. The quantitative estimate of drug-likeness (QED) is 0.296. The molecule has 0 spiro atoms. The summed E-state index contributed by atoms with van der Waals surface area (Å²) in [4.78, 5) is 29.9. The molecule has 4 aliphatic rings. The summed E-state index contributed by atoms with van der Waals surface area (Å²) < 4.78 is 16.6. The van der Waals surface area contributed by atoms with Gasteiger partial charge in [0.1, 0.15) is 0 Å². The highest BCUT2D eigenvalue weighted by Crippen LogP contribution is 2.30. The van der Waals surface area contributed by atoms with Crippen LogP contribution in [0.25, 0.3) is 4.95 Å². The highest BCUT2D eigenvalue weighted by Gasteiger charge is 2.30. The Labute approximate surface area is 184 Å². The van der Waals surface area contributed by atoms with Gasteiger partial charge >= 0.3 is 11.6 Å². The average molecular weight is 462 g/mol. The predicted octanol–water partition coefficient (Wildman–Crippen LogP) is 2.55. The van der Waals surface area contributed by atoms with E-state index in [9.17, 15) is 10.1 Å². The van der Waals surface area contributed by atoms with Crippen LogP contribution in [0.5, 0.6) is 0 Å². The third-order valence-corrected chi connectivity index (χ3v) is 2.41. The Balaban J connectivity index is -0.000000329. The number of hydrogen-bond acceptors (Lipinski definition) is 11. The summed E-state index contributed by atoms with van der Waals surface area (Å²) in [5.74, 6) is 1.38. The maximum atomic E-state index is 9.37. The van der Waals surface area contributed by atoms with Crippen LogP contribution in [0.15, 0.2) is 55.3 Å². The van der Waals surface area contributed by atoms with Crippen LogP contribution in [0.1, 0.15) is 22.3 Å². The van der Waals surface area contributed by atoms with E-state index in [1.807, 2.05) is 30.3 Å². The number of para-hydroxylation sites is 1. The highest BCUT2D eigenvalue weighted by atomic mass is 32.1. The number of hydrogen-bond donors (Lipinski definition) is 1. The lowest BCUT2D eigenvalue weighted by Crippen LogP contribution is -2.04. The van der Waals surface area contributed by atoms with Crippen molar-refractivity contribution in [2.24, 2.45) is 0 Å². The first-order valence-corrected chi connectivity index (χ1v) is 7.67. The first kappa shape index (κ1) is 31.8. The van der Waals surface area contributed by atoms with Gasteiger partial charge in [-0.05, 0) is 25.3 Å². The minimum Gasteiger partial charge on any atom is -0.359 e. The van der Waals surface area contributed by atoms with Crippen molar-refractivity contribution in [3.8, 4) is 0 Å². The van der Waals surface area contributed by atoms with E-state index in [0.29, 0.717) is 23.7 Å². The molecule has 174 valence electrons. The first-order valence-electron chi connectivity index (χ1n) is 7.01. The van der Waals surface area contributed by atoms with Gasteiger partial charge in [-0.1, -0.05) is 40.5 Å². The lowest BCUT2D eigenvalue weighted by atomic mass is 10.3. The van der Waals surface area contributed by atoms with Crippen LogP contribution in [0.4, 0.5) is 5.69 Å². The van der Waals surface area contributed by atoms with E-state index in [-0.39, 0.29) is 29.0 Å². The Kier molecular flexibility index (Phi) is 17.5. The van der Waals surface area contributed by atoms with Gasteiger partial charge in [0.15, 0.2) is 5.03 Å². The molecule has 5 rings (SSSR count). The van der Waals surface area contributed by atoms with E-state index < -0.39 is 16.6 Å². The van der Waals surface area contributed by atoms with Gasteiger partial charge in [0, 0.05) is 5.17 Å². The maximum Gasteiger partial charge on any atom is 0.335 e. The summed E-state index contributed by atoms with van der Waals surface area (Å²) in [6, 6.07) is 9.83. The topological polar surface area (TPSA) is 163 Å². The molecule has 0 radical (unpaired) electrons. The van der Waals surface area contributed by atoms with Crippen molar-refractivity contribution in [2.75, 3.05) is 18.5 Å². The second-order valence-electron chi connectivity index (χ2n) is 4.37. The molecular weight excluding hydrogens is 436 g/mol. The van der Waals surface area contributed by atoms with Crippen molar-refractivity contribution in [3.05, 3.63) is 76.9 Å². The van der Waals surface area contributed by atoms with Gasteiger partial charge in [0.2, 0.25) is 19.3 Å². The minimum absolute atomic E-state index is 0. The van der Waals surface area contributed by atoms with Crippen molar-refractivity contribution in [3.63, 3.8) is 0 Å². The minimum atomic E-state index is -0.750. The fourth-order valence-corrected chi connectivity index (χ4v) is 1.08. The lowest BCUT2D eigenvalue weighted by molar-refractivity contribution is -0.652. The van der Waals surface area contributed by atoms with E-state index in [4.69, 9.17) is 19.8 Å². The molecule has 0 bridgehead atoms. The van der Waals surface area contributed by atoms with Crippen LogP contribution in [0, 0.1) is 16.7 Å². The largest absolute Gasteiger partial charge is 0.359 e. The molecule has 1 aromatic rings. The van der Waals surface area contributed by atoms with Gasteiger partial charge in [-0.15, -0.1) is 10.0 Å². The number of nitro groups is 1. The van der Waals surface area contributed by atoms with Crippen molar-refractivity contribution < 1.29 is 32.8 Å². The standard InChI is InChI=1S/C8H7NO.C2H2N2O.C2H3NO.CH2N2O3.3CH4.O2S/c1-7-9(10-7)8-5-3-2-4-6-8;1-3-4-2-5-4;1-2-3-4-2;4-3(5)2-1-6-2;;;;1-3-2/h2-6H,1H2;2H2;3H,1H2;1H2;3*1H4;. The van der Waals surface area contributed by atoms with E-state index in [1.54, 1.807) is 5.06 Å². The van der Waals surface area contributed by atoms with Crippen LogP contribution >= 0.6 is 0 Å². The van der Waals surface area contributed by atoms with Crippen LogP contribution < -0.4 is 10.5 Å². The molecule has 31 heavy (non-hydrogen) atoms. The van der Waals surface area contributed by atoms with Gasteiger partial charge < -0.3 is 9.68 Å². The number of nitrogens with zero attached hydrogens (tertiary/aromatic N) is 5. The van der Waals surface area contributed by atoms with Crippen LogP contribution in [0.2, 0.25) is 0 Å². The smallest absolute Gasteiger partial charge is 0.335 e. The number of anilines is 1. The second-order valence-corrected chi connectivity index (χ2v) is 4.50. The molecule has 0 unspecified atom stereocenters. The van der Waals surface area contributed by atoms with E-state index in [0.717, 1.165) is 5.69 Å². The zero-order valence-electron chi connectivity index (χ0n) is 14.1. The van der Waals surface area contributed by atoms with Crippen LogP contribution in [-0.4, -0.2) is 37.3 Å². The molecule has 14 nitrogen and oxygen atoms in total. The summed E-state index contributed by atoms with van der Waals surface area (Å²) in [5.41, 5.74) is 3.44. The molecular formula is C16H26N6O8S. The summed E-state index contributed by atoms with van der Waals surface area (Å²) in [6.45, 7) is 13.7. The van der Waals surface area contributed by atoms with E-state index in [1.165, 1.54) is 5.17 Å². The molecule has 0 amide bonds. The monoisotopic (exact) mass is 462 g/mol. The molecule has 0 aromatic heterocycles. The molecule has 1 N–H and O–H groups in total. The molecule has 0 aliphatic carbocycles. The summed E-state index contributed by atoms with van der Waals surface area (Å²) in [7, 11) is 0. The second kappa shape index (κ2) is 17.0. The zero-order valence-corrected chi connectivity index (χ0v) is 14.9.